The Bertz CT molecular complexity index is 1300. The van der Waals surface area contributed by atoms with Crippen molar-refractivity contribution in [1.82, 2.24) is 19.8 Å². The van der Waals surface area contributed by atoms with Crippen molar-refractivity contribution in [2.75, 3.05) is 26.7 Å². The third kappa shape index (κ3) is 9.41. The Kier molecular flexibility index (Phi) is 12.4. The Morgan fingerprint density at radius 2 is 1.78 bits per heavy atom. The molecule has 2 unspecified atom stereocenters. The second-order valence-corrected chi connectivity index (χ2v) is 15.4. The van der Waals surface area contributed by atoms with Crippen LogP contribution in [0.15, 0.2) is 35.2 Å². The Morgan fingerprint density at radius 3 is 2.40 bits per heavy atom. The van der Waals surface area contributed by atoms with E-state index in [1.807, 2.05) is 20.8 Å². The van der Waals surface area contributed by atoms with Gasteiger partial charge in [-0.25, -0.2) is 18.0 Å². The molecular weight excluding hydrogens is 600 g/mol. The maximum atomic E-state index is 13.2. The van der Waals surface area contributed by atoms with Gasteiger partial charge in [-0.1, -0.05) is 78.0 Å². The Morgan fingerprint density at radius 1 is 1.11 bits per heavy atom. The van der Waals surface area contributed by atoms with Crippen LogP contribution < -0.4 is 10.6 Å². The summed E-state index contributed by atoms with van der Waals surface area (Å²) >= 11 is 0. The highest BCUT2D eigenvalue weighted by atomic mass is 32.2. The van der Waals surface area contributed by atoms with Gasteiger partial charge < -0.3 is 25.4 Å². The van der Waals surface area contributed by atoms with Crippen molar-refractivity contribution in [2.24, 2.45) is 11.3 Å². The van der Waals surface area contributed by atoms with E-state index in [2.05, 4.69) is 17.6 Å². The molecule has 12 nitrogen and oxygen atoms in total. The number of hydrogen-bond donors (Lipinski definition) is 3. The fourth-order valence-electron chi connectivity index (χ4n) is 5.79. The summed E-state index contributed by atoms with van der Waals surface area (Å²) < 4.78 is 32.7. The molecule has 13 heteroatoms. The Labute approximate surface area is 267 Å². The Balaban J connectivity index is 1.54. The number of rotatable bonds is 16. The summed E-state index contributed by atoms with van der Waals surface area (Å²) in [7, 11) is -2.41. The number of nitrogens with one attached hydrogen (secondary N) is 2. The second kappa shape index (κ2) is 15.4. The topological polar surface area (TPSA) is 162 Å². The summed E-state index contributed by atoms with van der Waals surface area (Å²) in [5, 5.41) is 15.1. The van der Waals surface area contributed by atoms with Gasteiger partial charge in [-0.3, -0.25) is 9.59 Å². The summed E-state index contributed by atoms with van der Waals surface area (Å²) in [6.07, 6.45) is 5.70. The smallest absolute Gasteiger partial charge is 0.407 e. The number of carboxylic acid groups (broad SMARTS) is 1. The number of carbonyl (C=O) groups excluding carboxylic acids is 3. The van der Waals surface area contributed by atoms with Crippen LogP contribution in [0.4, 0.5) is 4.79 Å². The molecule has 1 heterocycles. The number of alkyl carbamates (subject to hydrolysis) is 1. The molecular formula is C32H50N4O8S. The van der Waals surface area contributed by atoms with E-state index >= 15 is 0 Å². The van der Waals surface area contributed by atoms with E-state index in [-0.39, 0.29) is 17.4 Å². The largest absolute Gasteiger partial charge is 0.479 e. The molecule has 2 fully saturated rings. The van der Waals surface area contributed by atoms with E-state index in [1.165, 1.54) is 24.1 Å². The lowest BCUT2D eigenvalue weighted by atomic mass is 9.89. The monoisotopic (exact) mass is 650 g/mol. The van der Waals surface area contributed by atoms with Crippen LogP contribution in [0.5, 0.6) is 0 Å². The van der Waals surface area contributed by atoms with Crippen molar-refractivity contribution in [3.05, 3.63) is 30.3 Å². The lowest BCUT2D eigenvalue weighted by molar-refractivity contribution is -0.145. The van der Waals surface area contributed by atoms with Crippen LogP contribution in [0, 0.1) is 11.3 Å². The lowest BCUT2D eigenvalue weighted by Gasteiger charge is -2.33. The van der Waals surface area contributed by atoms with E-state index in [1.54, 1.807) is 18.2 Å². The molecule has 0 bridgehead atoms. The van der Waals surface area contributed by atoms with Gasteiger partial charge in [0.1, 0.15) is 24.2 Å². The number of benzene rings is 1. The van der Waals surface area contributed by atoms with Crippen LogP contribution in [-0.2, 0) is 29.1 Å². The number of nitrogens with zero attached hydrogens (tertiary/aromatic N) is 2. The number of sulfonamides is 1. The normalized spacial score (nSPS) is 22.1. The molecule has 1 saturated carbocycles. The highest BCUT2D eigenvalue weighted by Gasteiger charge is 2.61. The molecule has 0 aromatic heterocycles. The maximum Gasteiger partial charge on any atom is 0.407 e. The minimum Gasteiger partial charge on any atom is -0.479 e. The average Bonchev–Trinajstić information content (AvgIpc) is 3.45. The van der Waals surface area contributed by atoms with Gasteiger partial charge in [0.15, 0.2) is 0 Å². The molecule has 1 aliphatic carbocycles. The van der Waals surface area contributed by atoms with Gasteiger partial charge in [-0.05, 0) is 43.7 Å². The fourth-order valence-corrected chi connectivity index (χ4v) is 6.99. The number of carboxylic acids is 1. The zero-order valence-corrected chi connectivity index (χ0v) is 28.0. The number of unbranched alkanes of at least 4 members (excludes halogenated alkanes) is 4. The number of hydrogen-bond acceptors (Lipinski definition) is 7. The molecule has 1 aromatic rings. The van der Waals surface area contributed by atoms with Crippen molar-refractivity contribution < 1.29 is 37.4 Å². The van der Waals surface area contributed by atoms with Crippen LogP contribution in [0.3, 0.4) is 0 Å². The first-order valence-electron chi connectivity index (χ1n) is 15.9. The molecule has 45 heavy (non-hydrogen) atoms. The minimum absolute atomic E-state index is 0.110. The van der Waals surface area contributed by atoms with Gasteiger partial charge in [0.25, 0.3) is 0 Å². The predicted molar refractivity (Wildman–Crippen MR) is 169 cm³/mol. The van der Waals surface area contributed by atoms with Crippen molar-refractivity contribution in [3.63, 3.8) is 0 Å². The average molecular weight is 651 g/mol. The van der Waals surface area contributed by atoms with Crippen LogP contribution >= 0.6 is 0 Å². The molecule has 0 spiro atoms. The van der Waals surface area contributed by atoms with Crippen LogP contribution in [-0.4, -0.2) is 91.0 Å². The number of amides is 3. The van der Waals surface area contributed by atoms with Crippen molar-refractivity contribution in [1.29, 1.82) is 0 Å². The predicted octanol–water partition coefficient (Wildman–Crippen LogP) is 3.76. The molecule has 3 rings (SSSR count). The molecule has 1 aliphatic heterocycles. The van der Waals surface area contributed by atoms with Gasteiger partial charge in [-0.2, -0.15) is 4.31 Å². The summed E-state index contributed by atoms with van der Waals surface area (Å²) in [4.78, 5) is 52.7. The molecule has 0 radical (unpaired) electrons. The fraction of sp³-hybridized carbons (Fsp3) is 0.688. The van der Waals surface area contributed by atoms with Gasteiger partial charge >= 0.3 is 12.1 Å². The van der Waals surface area contributed by atoms with Crippen molar-refractivity contribution in [3.8, 4) is 0 Å². The summed E-state index contributed by atoms with van der Waals surface area (Å²) in [5.74, 6) is -2.16. The van der Waals surface area contributed by atoms with Gasteiger partial charge in [0.2, 0.25) is 21.8 Å². The molecule has 1 aromatic carbocycles. The van der Waals surface area contributed by atoms with Gasteiger partial charge in [0, 0.05) is 19.0 Å². The van der Waals surface area contributed by atoms with Crippen molar-refractivity contribution in [2.45, 2.75) is 108 Å². The van der Waals surface area contributed by atoms with Gasteiger partial charge in [0.05, 0.1) is 11.4 Å². The SMILES string of the molecule is CCCCCCCC1C[C@]1(NC(=O)[C@@H]1CCCN1C(=O)CNC(=O)OC(CN(C)S(=O)(=O)c1ccccc1)C(C)(C)C)C(=O)O. The zero-order valence-electron chi connectivity index (χ0n) is 27.2. The van der Waals surface area contributed by atoms with E-state index in [0.29, 0.717) is 25.8 Å². The maximum absolute atomic E-state index is 13.2. The molecule has 4 atom stereocenters. The third-order valence-electron chi connectivity index (χ3n) is 8.84. The molecule has 1 saturated heterocycles. The lowest BCUT2D eigenvalue weighted by Crippen LogP contribution is -2.54. The number of aliphatic carboxylic acids is 1. The van der Waals surface area contributed by atoms with Crippen molar-refractivity contribution >= 4 is 33.9 Å². The minimum atomic E-state index is -3.82. The van der Waals surface area contributed by atoms with E-state index in [4.69, 9.17) is 4.74 Å². The summed E-state index contributed by atoms with van der Waals surface area (Å²) in [6, 6.07) is 7.12. The number of ether oxygens (including phenoxy) is 1. The summed E-state index contributed by atoms with van der Waals surface area (Å²) in [6.45, 7) is 7.34. The quantitative estimate of drug-likeness (QED) is 0.228. The van der Waals surface area contributed by atoms with Crippen LogP contribution in [0.25, 0.3) is 0 Å². The standard InChI is InChI=1S/C32H50N4O8S/c1-6-7-8-9-11-15-23-20-32(23,29(39)40)34-28(38)25-18-14-19-36(25)27(37)21-33-30(41)44-26(31(2,3)4)22-35(5)45(42,43)24-16-12-10-13-17-24/h10,12-13,16-17,23,25-26H,6-9,11,14-15,18-22H2,1-5H3,(H,33,41)(H,34,38)(H,39,40)/t23?,25-,26?,32+/m0/s1. The van der Waals surface area contributed by atoms with E-state index < -0.39 is 63.5 Å². The number of likely N-dealkylation sites (N-methyl/N-ethyl adjacent to an activating group) is 1. The third-order valence-corrected chi connectivity index (χ3v) is 10.7. The van der Waals surface area contributed by atoms with Crippen LogP contribution in [0.2, 0.25) is 0 Å². The van der Waals surface area contributed by atoms with Gasteiger partial charge in [-0.15, -0.1) is 0 Å². The summed E-state index contributed by atoms with van der Waals surface area (Å²) in [5.41, 5.74) is -1.92. The first-order chi connectivity index (χ1) is 21.1. The highest BCUT2D eigenvalue weighted by Crippen LogP contribution is 2.47. The molecule has 3 N–H and O–H groups in total. The van der Waals surface area contributed by atoms with Crippen LogP contribution in [0.1, 0.15) is 85.5 Å². The number of carbonyl (C=O) groups is 4. The molecule has 3 amide bonds. The first kappa shape index (κ1) is 36.3. The number of likely N-dealkylation sites (tertiary alicyclic amines) is 1. The van der Waals surface area contributed by atoms with E-state index in [9.17, 15) is 32.7 Å². The first-order valence-corrected chi connectivity index (χ1v) is 17.4. The zero-order chi connectivity index (χ0) is 33.4. The highest BCUT2D eigenvalue weighted by molar-refractivity contribution is 7.89. The molecule has 2 aliphatic rings. The second-order valence-electron chi connectivity index (χ2n) is 13.3. The molecule has 252 valence electrons. The Hall–Kier alpha value is -3.19. The van der Waals surface area contributed by atoms with E-state index in [0.717, 1.165) is 42.8 Å².